The third-order valence-corrected chi connectivity index (χ3v) is 4.55. The predicted molar refractivity (Wildman–Crippen MR) is 78.4 cm³/mol. The van der Waals surface area contributed by atoms with Crippen molar-refractivity contribution in [3.05, 3.63) is 34.1 Å². The standard InChI is InChI=1S/C15H21BrFNO/c1-19-15(10-5-3-2-4-6-10)14(18)12-9-11(16)7-8-13(12)17/h7-10,14-15H,2-6,18H2,1H3. The summed E-state index contributed by atoms with van der Waals surface area (Å²) >= 11 is 3.37. The third kappa shape index (κ3) is 3.56. The molecule has 1 aromatic rings. The molecule has 2 unspecified atom stereocenters. The van der Waals surface area contributed by atoms with Gasteiger partial charge in [-0.25, -0.2) is 4.39 Å². The van der Waals surface area contributed by atoms with Gasteiger partial charge in [-0.1, -0.05) is 35.2 Å². The van der Waals surface area contributed by atoms with E-state index >= 15 is 0 Å². The van der Waals surface area contributed by atoms with Crippen molar-refractivity contribution in [3.63, 3.8) is 0 Å². The highest BCUT2D eigenvalue weighted by Gasteiger charge is 2.30. The van der Waals surface area contributed by atoms with Gasteiger partial charge >= 0.3 is 0 Å². The molecular formula is C15H21BrFNO. The molecule has 0 aromatic heterocycles. The number of rotatable bonds is 4. The van der Waals surface area contributed by atoms with Crippen LogP contribution < -0.4 is 5.73 Å². The maximum atomic E-state index is 13.9. The molecule has 19 heavy (non-hydrogen) atoms. The summed E-state index contributed by atoms with van der Waals surface area (Å²) in [6.45, 7) is 0. The highest BCUT2D eigenvalue weighted by molar-refractivity contribution is 9.10. The maximum Gasteiger partial charge on any atom is 0.128 e. The Morgan fingerprint density at radius 2 is 2.00 bits per heavy atom. The second kappa shape index (κ2) is 6.82. The summed E-state index contributed by atoms with van der Waals surface area (Å²) in [7, 11) is 1.68. The zero-order chi connectivity index (χ0) is 13.8. The average molecular weight is 330 g/mol. The van der Waals surface area contributed by atoms with E-state index in [0.717, 1.165) is 17.3 Å². The second-order valence-electron chi connectivity index (χ2n) is 5.29. The minimum absolute atomic E-state index is 0.107. The monoisotopic (exact) mass is 329 g/mol. The molecule has 0 spiro atoms. The molecule has 2 atom stereocenters. The number of ether oxygens (including phenoxy) is 1. The minimum atomic E-state index is -0.411. The summed E-state index contributed by atoms with van der Waals surface area (Å²) in [5.41, 5.74) is 6.80. The van der Waals surface area contributed by atoms with E-state index in [1.165, 1.54) is 25.3 Å². The molecule has 1 saturated carbocycles. The van der Waals surface area contributed by atoms with Crippen LogP contribution in [0.25, 0.3) is 0 Å². The largest absolute Gasteiger partial charge is 0.379 e. The van der Waals surface area contributed by atoms with Crippen LogP contribution in [0.15, 0.2) is 22.7 Å². The first-order valence-corrected chi connectivity index (χ1v) is 7.66. The number of hydrogen-bond donors (Lipinski definition) is 1. The molecule has 0 saturated heterocycles. The van der Waals surface area contributed by atoms with Crippen molar-refractivity contribution < 1.29 is 9.13 Å². The lowest BCUT2D eigenvalue weighted by atomic mass is 9.81. The van der Waals surface area contributed by atoms with Crippen molar-refractivity contribution in [2.24, 2.45) is 11.7 Å². The lowest BCUT2D eigenvalue weighted by molar-refractivity contribution is 0.0165. The van der Waals surface area contributed by atoms with Gasteiger partial charge in [-0.05, 0) is 37.0 Å². The second-order valence-corrected chi connectivity index (χ2v) is 6.21. The fourth-order valence-electron chi connectivity index (χ4n) is 3.04. The zero-order valence-corrected chi connectivity index (χ0v) is 12.8. The van der Waals surface area contributed by atoms with E-state index in [9.17, 15) is 4.39 Å². The summed E-state index contributed by atoms with van der Waals surface area (Å²) in [4.78, 5) is 0. The molecule has 1 aromatic carbocycles. The number of benzene rings is 1. The van der Waals surface area contributed by atoms with Crippen molar-refractivity contribution >= 4 is 15.9 Å². The Morgan fingerprint density at radius 3 is 2.63 bits per heavy atom. The third-order valence-electron chi connectivity index (χ3n) is 4.06. The molecule has 1 aliphatic rings. The van der Waals surface area contributed by atoms with E-state index in [1.54, 1.807) is 19.2 Å². The first-order valence-electron chi connectivity index (χ1n) is 6.87. The Kier molecular flexibility index (Phi) is 5.37. The van der Waals surface area contributed by atoms with E-state index in [-0.39, 0.29) is 11.9 Å². The van der Waals surface area contributed by atoms with E-state index in [2.05, 4.69) is 15.9 Å². The van der Waals surface area contributed by atoms with Crippen molar-refractivity contribution in [1.29, 1.82) is 0 Å². The zero-order valence-electron chi connectivity index (χ0n) is 11.2. The van der Waals surface area contributed by atoms with Gasteiger partial charge in [0.05, 0.1) is 12.1 Å². The van der Waals surface area contributed by atoms with Crippen LogP contribution in [0.5, 0.6) is 0 Å². The van der Waals surface area contributed by atoms with Gasteiger partial charge in [-0.2, -0.15) is 0 Å². The smallest absolute Gasteiger partial charge is 0.128 e. The average Bonchev–Trinajstić information content (AvgIpc) is 2.43. The van der Waals surface area contributed by atoms with Crippen molar-refractivity contribution in [3.8, 4) is 0 Å². The summed E-state index contributed by atoms with van der Waals surface area (Å²) in [6, 6.07) is 4.49. The van der Waals surface area contributed by atoms with Crippen molar-refractivity contribution in [2.75, 3.05) is 7.11 Å². The summed E-state index contributed by atoms with van der Waals surface area (Å²) in [5.74, 6) is 0.181. The van der Waals surface area contributed by atoms with Crippen LogP contribution in [0.4, 0.5) is 4.39 Å². The Labute approximate surface area is 122 Å². The molecule has 0 aliphatic heterocycles. The van der Waals surface area contributed by atoms with Gasteiger partial charge in [0.2, 0.25) is 0 Å². The van der Waals surface area contributed by atoms with Gasteiger partial charge in [0, 0.05) is 17.1 Å². The van der Waals surface area contributed by atoms with Gasteiger partial charge in [0.1, 0.15) is 5.82 Å². The van der Waals surface area contributed by atoms with Gasteiger partial charge in [0.25, 0.3) is 0 Å². The molecule has 0 heterocycles. The van der Waals surface area contributed by atoms with Crippen LogP contribution in [0.2, 0.25) is 0 Å². The Balaban J connectivity index is 2.19. The maximum absolute atomic E-state index is 13.9. The van der Waals surface area contributed by atoms with Gasteiger partial charge in [0.15, 0.2) is 0 Å². The number of halogens is 2. The predicted octanol–water partition coefficient (Wildman–Crippen LogP) is 4.18. The normalized spacial score (nSPS) is 20.2. The Hall–Kier alpha value is -0.450. The highest BCUT2D eigenvalue weighted by Crippen LogP contribution is 2.34. The molecule has 1 fully saturated rings. The molecule has 4 heteroatoms. The topological polar surface area (TPSA) is 35.2 Å². The van der Waals surface area contributed by atoms with Crippen LogP contribution in [-0.2, 0) is 4.74 Å². The highest BCUT2D eigenvalue weighted by atomic mass is 79.9. The molecule has 0 bridgehead atoms. The SMILES string of the molecule is COC(C1CCCCC1)C(N)c1cc(Br)ccc1F. The van der Waals surface area contributed by atoms with Crippen molar-refractivity contribution in [1.82, 2.24) is 0 Å². The fourth-order valence-corrected chi connectivity index (χ4v) is 3.42. The lowest BCUT2D eigenvalue weighted by Crippen LogP contribution is -2.36. The molecule has 2 nitrogen and oxygen atoms in total. The minimum Gasteiger partial charge on any atom is -0.379 e. The first kappa shape index (κ1) is 14.9. The Bertz CT molecular complexity index is 421. The van der Waals surface area contributed by atoms with Crippen molar-refractivity contribution in [2.45, 2.75) is 44.2 Å². The molecule has 2 N–H and O–H groups in total. The van der Waals surface area contributed by atoms with Gasteiger partial charge in [-0.3, -0.25) is 0 Å². The fraction of sp³-hybridized carbons (Fsp3) is 0.600. The molecule has 0 amide bonds. The number of nitrogens with two attached hydrogens (primary N) is 1. The van der Waals surface area contributed by atoms with Crippen LogP contribution in [0, 0.1) is 11.7 Å². The molecule has 0 radical (unpaired) electrons. The lowest BCUT2D eigenvalue weighted by Gasteiger charge is -2.33. The van der Waals surface area contributed by atoms with Crippen LogP contribution >= 0.6 is 15.9 Å². The van der Waals surface area contributed by atoms with E-state index in [4.69, 9.17) is 10.5 Å². The summed E-state index contributed by atoms with van der Waals surface area (Å²) in [6.07, 6.45) is 5.87. The summed E-state index contributed by atoms with van der Waals surface area (Å²) in [5, 5.41) is 0. The van der Waals surface area contributed by atoms with Crippen LogP contribution in [-0.4, -0.2) is 13.2 Å². The first-order chi connectivity index (χ1) is 9.13. The quantitative estimate of drug-likeness (QED) is 0.899. The Morgan fingerprint density at radius 1 is 1.32 bits per heavy atom. The molecule has 1 aliphatic carbocycles. The molecular weight excluding hydrogens is 309 g/mol. The summed E-state index contributed by atoms with van der Waals surface area (Å²) < 4.78 is 20.4. The molecule has 2 rings (SSSR count). The van der Waals surface area contributed by atoms with Crippen LogP contribution in [0.1, 0.15) is 43.7 Å². The number of hydrogen-bond acceptors (Lipinski definition) is 2. The van der Waals surface area contributed by atoms with Gasteiger partial charge in [-0.15, -0.1) is 0 Å². The molecule has 106 valence electrons. The van der Waals surface area contributed by atoms with Crippen LogP contribution in [0.3, 0.4) is 0 Å². The van der Waals surface area contributed by atoms with E-state index < -0.39 is 6.04 Å². The number of methoxy groups -OCH3 is 1. The van der Waals surface area contributed by atoms with Gasteiger partial charge < -0.3 is 10.5 Å². The van der Waals surface area contributed by atoms with E-state index in [0.29, 0.717) is 11.5 Å². The van der Waals surface area contributed by atoms with E-state index in [1.807, 2.05) is 0 Å².